The molecule has 13 nitrogen and oxygen atoms in total. The molecular weight excluding hydrogens is 883 g/mol. The van der Waals surface area contributed by atoms with Crippen LogP contribution in [0.3, 0.4) is 0 Å². The van der Waals surface area contributed by atoms with Gasteiger partial charge in [-0.25, -0.2) is 24.4 Å². The molecular formula is C46H45N3O10S4. The molecule has 3 unspecified atom stereocenters. The average molecular weight is 928 g/mol. The van der Waals surface area contributed by atoms with E-state index in [9.17, 15) is 29.2 Å². The van der Waals surface area contributed by atoms with Gasteiger partial charge in [0.15, 0.2) is 29.3 Å². The van der Waals surface area contributed by atoms with Crippen LogP contribution in [0.2, 0.25) is 0 Å². The summed E-state index contributed by atoms with van der Waals surface area (Å²) in [5.74, 6) is -2.82. The van der Waals surface area contributed by atoms with Gasteiger partial charge >= 0.3 is 17.9 Å². The molecule has 3 fully saturated rings. The lowest BCUT2D eigenvalue weighted by atomic mass is 10.0. The number of carbonyl (C=O) groups excluding carboxylic acids is 5. The second-order valence-corrected chi connectivity index (χ2v) is 20.0. The molecule has 3 aromatic rings. The highest BCUT2D eigenvalue weighted by Crippen LogP contribution is 2.69. The predicted octanol–water partition coefficient (Wildman–Crippen LogP) is 8.94. The smallest absolute Gasteiger partial charge is 0.350 e. The largest absolute Gasteiger partial charge is 0.461 e. The average Bonchev–Trinajstić information content (AvgIpc) is 4.16. The van der Waals surface area contributed by atoms with Crippen molar-refractivity contribution < 1.29 is 47.7 Å². The third-order valence-corrected chi connectivity index (χ3v) is 16.3. The minimum Gasteiger partial charge on any atom is -0.461 e. The molecule has 63 heavy (non-hydrogen) atoms. The third-order valence-electron chi connectivity index (χ3n) is 11.1. The third kappa shape index (κ3) is 9.72. The van der Waals surface area contributed by atoms with Crippen LogP contribution in [0, 0.1) is 17.2 Å². The van der Waals surface area contributed by atoms with Crippen molar-refractivity contribution in [1.29, 1.82) is 5.26 Å². The van der Waals surface area contributed by atoms with Gasteiger partial charge in [0.1, 0.15) is 11.6 Å². The van der Waals surface area contributed by atoms with Crippen molar-refractivity contribution >= 4 is 76.8 Å². The number of rotatable bonds is 15. The lowest BCUT2D eigenvalue weighted by Crippen LogP contribution is -2.39. The number of benzene rings is 3. The van der Waals surface area contributed by atoms with Crippen LogP contribution >= 0.6 is 47.0 Å². The van der Waals surface area contributed by atoms with E-state index in [0.29, 0.717) is 62.7 Å². The molecule has 2 amide bonds. The zero-order valence-corrected chi connectivity index (χ0v) is 38.0. The second-order valence-electron chi connectivity index (χ2n) is 15.4. The molecule has 0 N–H and O–H groups in total. The highest BCUT2D eigenvalue weighted by molar-refractivity contribution is 8.26. The molecule has 5 aliphatic heterocycles. The van der Waals surface area contributed by atoms with E-state index in [1.165, 1.54) is 10.0 Å². The zero-order valence-electron chi connectivity index (χ0n) is 34.8. The van der Waals surface area contributed by atoms with E-state index < -0.39 is 41.9 Å². The first kappa shape index (κ1) is 44.9. The number of ether oxygens (including phenoxy) is 5. The highest BCUT2D eigenvalue weighted by Gasteiger charge is 2.47. The monoisotopic (exact) mass is 927 g/mol. The van der Waals surface area contributed by atoms with Crippen LogP contribution in [-0.2, 0) is 51.3 Å². The van der Waals surface area contributed by atoms with E-state index in [2.05, 4.69) is 6.92 Å². The minimum atomic E-state index is -0.834. The van der Waals surface area contributed by atoms with Gasteiger partial charge in [-0.3, -0.25) is 9.59 Å². The van der Waals surface area contributed by atoms with Gasteiger partial charge in [0.25, 0.3) is 11.8 Å². The Bertz CT molecular complexity index is 2260. The Morgan fingerprint density at radius 3 is 1.68 bits per heavy atom. The standard InChI is InChI=1S/C46H45N3O10S4/c1-3-5-14-27(4-2)26-57-42(52)30(23-47)45-60-36-34(58-43(53)31-19-12-21-55-31)38-39(35(37(36)61-45)59-44(54)32-20-13-22-56-32)63-46(62-38)33-40(50)48(24-28-15-8-6-9-16-28)49(41(33)51)25-29-17-10-7-11-18-29/h6-11,15-18,27,31-32H,3-5,12-14,19-22,24-26H2,1-2H3. The lowest BCUT2D eigenvalue weighted by molar-refractivity contribution is -0.149. The van der Waals surface area contributed by atoms with Gasteiger partial charge in [-0.1, -0.05) is 141 Å². The van der Waals surface area contributed by atoms with E-state index in [0.717, 1.165) is 83.9 Å². The molecule has 0 aliphatic carbocycles. The summed E-state index contributed by atoms with van der Waals surface area (Å²) in [6.45, 7) is 5.33. The first-order valence-electron chi connectivity index (χ1n) is 21.1. The Morgan fingerprint density at radius 2 is 1.25 bits per heavy atom. The quantitative estimate of drug-likeness (QED) is 0.0467. The minimum absolute atomic E-state index is 0.0782. The lowest BCUT2D eigenvalue weighted by Gasteiger charge is -2.27. The number of hydrazine groups is 1. The molecule has 8 rings (SSSR count). The highest BCUT2D eigenvalue weighted by atomic mass is 32.2. The van der Waals surface area contributed by atoms with E-state index in [1.54, 1.807) is 0 Å². The molecule has 3 aromatic carbocycles. The molecule has 0 spiro atoms. The van der Waals surface area contributed by atoms with Crippen LogP contribution in [-0.4, -0.2) is 71.8 Å². The summed E-state index contributed by atoms with van der Waals surface area (Å²) in [6.07, 6.45) is 4.26. The Balaban J connectivity index is 1.22. The molecule has 328 valence electrons. The summed E-state index contributed by atoms with van der Waals surface area (Å²) in [6, 6.07) is 20.8. The number of amides is 2. The van der Waals surface area contributed by atoms with Crippen molar-refractivity contribution in [2.45, 2.75) is 110 Å². The number of carbonyl (C=O) groups is 5. The Hall–Kier alpha value is -4.70. The van der Waals surface area contributed by atoms with Crippen molar-refractivity contribution in [2.24, 2.45) is 5.92 Å². The van der Waals surface area contributed by atoms with Crippen LogP contribution in [0.15, 0.2) is 99.9 Å². The molecule has 0 saturated carbocycles. The fraction of sp³-hybridized carbons (Fsp3) is 0.391. The van der Waals surface area contributed by atoms with Crippen molar-refractivity contribution in [3.63, 3.8) is 0 Å². The number of nitrogens with zero attached hydrogens (tertiary/aromatic N) is 3. The number of esters is 3. The van der Waals surface area contributed by atoms with Crippen molar-refractivity contribution in [3.8, 4) is 17.6 Å². The molecule has 17 heteroatoms. The molecule has 0 bridgehead atoms. The van der Waals surface area contributed by atoms with E-state index in [4.69, 9.17) is 23.7 Å². The summed E-state index contributed by atoms with van der Waals surface area (Å²) in [4.78, 5) is 71.7. The van der Waals surface area contributed by atoms with Crippen LogP contribution in [0.4, 0.5) is 0 Å². The van der Waals surface area contributed by atoms with Gasteiger partial charge < -0.3 is 23.7 Å². The Morgan fingerprint density at radius 1 is 0.762 bits per heavy atom. The number of hydrogen-bond acceptors (Lipinski definition) is 15. The summed E-state index contributed by atoms with van der Waals surface area (Å²) in [7, 11) is 0. The molecule has 5 aliphatic rings. The summed E-state index contributed by atoms with van der Waals surface area (Å²) < 4.78 is 30.1. The fourth-order valence-corrected chi connectivity index (χ4v) is 13.0. The van der Waals surface area contributed by atoms with Crippen LogP contribution in [0.25, 0.3) is 0 Å². The van der Waals surface area contributed by atoms with Gasteiger partial charge in [0.2, 0.25) is 0 Å². The second kappa shape index (κ2) is 20.4. The number of nitriles is 1. The normalized spacial score (nSPS) is 19.6. The Kier molecular flexibility index (Phi) is 14.6. The SMILES string of the molecule is CCCCC(CC)COC(=O)C(C#N)=C1Sc2c(OC(=O)C3CCCO3)c3c(c(OC(=O)C4CCCO4)c2S1)SC(=C1C(=O)N(Cc2ccccc2)N(Cc2ccccc2)C1=O)S3. The number of unbranched alkanes of at least 4 members (excludes halogenated alkanes) is 1. The van der Waals surface area contributed by atoms with Gasteiger partial charge in [-0.2, -0.15) is 5.26 Å². The van der Waals surface area contributed by atoms with Crippen LogP contribution in [0.1, 0.15) is 76.3 Å². The predicted molar refractivity (Wildman–Crippen MR) is 237 cm³/mol. The van der Waals surface area contributed by atoms with E-state index >= 15 is 0 Å². The van der Waals surface area contributed by atoms with Gasteiger partial charge in [0.05, 0.1) is 47.8 Å². The number of hydrogen-bond donors (Lipinski definition) is 0. The molecule has 3 atom stereocenters. The van der Waals surface area contributed by atoms with Gasteiger partial charge in [-0.05, 0) is 49.1 Å². The van der Waals surface area contributed by atoms with E-state index in [1.807, 2.05) is 73.7 Å². The fourth-order valence-electron chi connectivity index (χ4n) is 7.56. The summed E-state index contributed by atoms with van der Waals surface area (Å²) >= 11 is 4.18. The van der Waals surface area contributed by atoms with Gasteiger partial charge in [-0.15, -0.1) is 0 Å². The van der Waals surface area contributed by atoms with E-state index in [-0.39, 0.29) is 52.5 Å². The molecule has 0 aromatic heterocycles. The zero-order chi connectivity index (χ0) is 44.0. The number of thioether (sulfide) groups is 4. The van der Waals surface area contributed by atoms with Crippen molar-refractivity contribution in [2.75, 3.05) is 19.8 Å². The maximum Gasteiger partial charge on any atom is 0.350 e. The van der Waals surface area contributed by atoms with Crippen molar-refractivity contribution in [1.82, 2.24) is 10.0 Å². The van der Waals surface area contributed by atoms with Crippen LogP contribution < -0.4 is 9.47 Å². The first-order valence-corrected chi connectivity index (χ1v) is 24.3. The number of fused-ring (bicyclic) bond motifs is 2. The maximum atomic E-state index is 14.6. The molecule has 3 saturated heterocycles. The molecule has 0 radical (unpaired) electrons. The summed E-state index contributed by atoms with van der Waals surface area (Å²) in [5.41, 5.74) is 1.32. The first-order chi connectivity index (χ1) is 30.7. The van der Waals surface area contributed by atoms with Crippen LogP contribution in [0.5, 0.6) is 11.5 Å². The van der Waals surface area contributed by atoms with Gasteiger partial charge in [0, 0.05) is 13.2 Å². The Labute approximate surface area is 382 Å². The topological polar surface area (TPSA) is 162 Å². The molecule has 5 heterocycles. The van der Waals surface area contributed by atoms with Crippen molar-refractivity contribution in [3.05, 3.63) is 91.4 Å². The summed E-state index contributed by atoms with van der Waals surface area (Å²) in [5, 5.41) is 13.3. The maximum absolute atomic E-state index is 14.6.